The average Bonchev–Trinajstić information content (AvgIpc) is 3.64. The third kappa shape index (κ3) is 5.63. The molecular formula is C27H36N4O7S. The number of fused-ring (bicyclic) bond motifs is 1. The second kappa shape index (κ2) is 11.0. The van der Waals surface area contributed by atoms with Crippen molar-refractivity contribution < 1.29 is 32.7 Å². The van der Waals surface area contributed by atoms with E-state index in [-0.39, 0.29) is 42.5 Å². The summed E-state index contributed by atoms with van der Waals surface area (Å²) in [5, 5.41) is 18.7. The molecule has 2 amide bonds. The van der Waals surface area contributed by atoms with Crippen LogP contribution >= 0.6 is 0 Å². The van der Waals surface area contributed by atoms with Gasteiger partial charge < -0.3 is 14.4 Å². The fraction of sp³-hybridized carbons (Fsp3) is 0.667. The van der Waals surface area contributed by atoms with E-state index in [1.807, 2.05) is 19.1 Å². The topological polar surface area (TPSA) is 149 Å². The maximum atomic E-state index is 13.6. The molecule has 11 nitrogen and oxygen atoms in total. The summed E-state index contributed by atoms with van der Waals surface area (Å²) in [6.45, 7) is 4.43. The van der Waals surface area contributed by atoms with Crippen molar-refractivity contribution >= 4 is 22.0 Å². The summed E-state index contributed by atoms with van der Waals surface area (Å²) in [6, 6.07) is 7.76. The predicted octanol–water partition coefficient (Wildman–Crippen LogP) is 2.13. The van der Waals surface area contributed by atoms with Crippen LogP contribution in [0.15, 0.2) is 18.2 Å². The molecule has 2 N–H and O–H groups in total. The molecule has 4 fully saturated rings. The summed E-state index contributed by atoms with van der Waals surface area (Å²) < 4.78 is 39.4. The molecule has 212 valence electrons. The molecule has 3 aliphatic heterocycles. The molecule has 4 aliphatic rings. The number of hydroxylamine groups is 1. The number of hydrogen-bond donors (Lipinski definition) is 2. The number of ether oxygens (including phenoxy) is 2. The highest BCUT2D eigenvalue weighted by atomic mass is 32.2. The zero-order valence-corrected chi connectivity index (χ0v) is 23.0. The molecular weight excluding hydrogens is 524 g/mol. The summed E-state index contributed by atoms with van der Waals surface area (Å²) in [4.78, 5) is 27.2. The van der Waals surface area contributed by atoms with Crippen molar-refractivity contribution in [3.8, 4) is 6.07 Å². The predicted molar refractivity (Wildman–Crippen MR) is 139 cm³/mol. The highest BCUT2D eigenvalue weighted by molar-refractivity contribution is 7.89. The highest BCUT2D eigenvalue weighted by Gasteiger charge is 2.56. The van der Waals surface area contributed by atoms with E-state index in [1.54, 1.807) is 16.4 Å². The molecule has 3 atom stereocenters. The van der Waals surface area contributed by atoms with Crippen molar-refractivity contribution in [1.29, 1.82) is 5.26 Å². The van der Waals surface area contributed by atoms with Gasteiger partial charge in [0.1, 0.15) is 6.10 Å². The van der Waals surface area contributed by atoms with Crippen LogP contribution in [0.2, 0.25) is 0 Å². The molecule has 5 rings (SSSR count). The first-order chi connectivity index (χ1) is 18.6. The number of nitrogens with one attached hydrogen (secondary N) is 1. The van der Waals surface area contributed by atoms with Gasteiger partial charge in [-0.05, 0) is 73.6 Å². The van der Waals surface area contributed by atoms with Gasteiger partial charge in [0.25, 0.3) is 5.91 Å². The number of amides is 2. The number of aryl methyl sites for hydroxylation is 1. The first-order valence-corrected chi connectivity index (χ1v) is 15.2. The van der Waals surface area contributed by atoms with Crippen LogP contribution in [0.25, 0.3) is 0 Å². The molecule has 0 bridgehead atoms. The Bertz CT molecular complexity index is 1240. The number of nitriles is 1. The van der Waals surface area contributed by atoms with E-state index in [0.29, 0.717) is 64.2 Å². The van der Waals surface area contributed by atoms with Crippen molar-refractivity contribution in [1.82, 2.24) is 14.7 Å². The van der Waals surface area contributed by atoms with Gasteiger partial charge in [0.2, 0.25) is 10.0 Å². The van der Waals surface area contributed by atoms with Gasteiger partial charge in [0, 0.05) is 32.6 Å². The number of likely N-dealkylation sites (tertiary alicyclic amines) is 1. The third-order valence-electron chi connectivity index (χ3n) is 9.02. The Morgan fingerprint density at radius 1 is 1.21 bits per heavy atom. The van der Waals surface area contributed by atoms with E-state index in [2.05, 4.69) is 6.07 Å². The second-order valence-electron chi connectivity index (χ2n) is 11.5. The summed E-state index contributed by atoms with van der Waals surface area (Å²) in [5.41, 5.74) is 3.24. The second-order valence-corrected chi connectivity index (χ2v) is 13.5. The van der Waals surface area contributed by atoms with Crippen LogP contribution in [0.5, 0.6) is 0 Å². The molecule has 0 spiro atoms. The van der Waals surface area contributed by atoms with Gasteiger partial charge in [-0.15, -0.1) is 0 Å². The van der Waals surface area contributed by atoms with Crippen LogP contribution in [-0.4, -0.2) is 86.1 Å². The lowest BCUT2D eigenvalue weighted by atomic mass is 9.86. The smallest absolute Gasteiger partial charge is 0.410 e. The van der Waals surface area contributed by atoms with Crippen molar-refractivity contribution in [2.24, 2.45) is 17.3 Å². The molecule has 1 aromatic rings. The minimum Gasteiger partial charge on any atom is -0.444 e. The number of nitrogens with zero attached hydrogens (tertiary/aromatic N) is 3. The van der Waals surface area contributed by atoms with Crippen molar-refractivity contribution in [3.05, 3.63) is 34.9 Å². The quantitative estimate of drug-likeness (QED) is 0.397. The fourth-order valence-corrected chi connectivity index (χ4v) is 9.05. The Hall–Kier alpha value is -2.72. The van der Waals surface area contributed by atoms with Gasteiger partial charge >= 0.3 is 6.09 Å². The van der Waals surface area contributed by atoms with Crippen LogP contribution in [0.4, 0.5) is 4.79 Å². The molecule has 39 heavy (non-hydrogen) atoms. The van der Waals surface area contributed by atoms with E-state index >= 15 is 0 Å². The SMILES string of the molecule is Cc1cc(C#N)ccc1C1CCN(S(=O)(=O)CC2(C(=O)NO)CC3CN(C(=O)O[C@H]4CCOC4)CC3C2)CC1. The van der Waals surface area contributed by atoms with E-state index < -0.39 is 27.4 Å². The minimum absolute atomic E-state index is 0.0463. The standard InChI is InChI=1S/C27H36N4O7S/c1-18-10-19(13-28)2-3-24(18)20-4-7-31(8-5-20)39(35,36)17-27(25(32)29-34)11-21-14-30(15-22(21)12-27)26(33)38-23-6-9-37-16-23/h2-3,10,20-23,34H,4-9,11-12,14-17H2,1H3,(H,29,32)/t21?,22?,23-,27?/m0/s1. The monoisotopic (exact) mass is 560 g/mol. The van der Waals surface area contributed by atoms with E-state index in [4.69, 9.17) is 14.7 Å². The van der Waals surface area contributed by atoms with Gasteiger partial charge in [-0.25, -0.2) is 23.0 Å². The number of rotatable bonds is 6. The van der Waals surface area contributed by atoms with Gasteiger partial charge in [0.05, 0.1) is 36.0 Å². The first-order valence-electron chi connectivity index (χ1n) is 13.6. The minimum atomic E-state index is -3.78. The van der Waals surface area contributed by atoms with Crippen LogP contribution in [0, 0.1) is 35.5 Å². The van der Waals surface area contributed by atoms with Crippen molar-refractivity contribution in [3.63, 3.8) is 0 Å². The van der Waals surface area contributed by atoms with Gasteiger partial charge in [-0.1, -0.05) is 6.07 Å². The van der Waals surface area contributed by atoms with Gasteiger partial charge in [0.15, 0.2) is 0 Å². The zero-order valence-electron chi connectivity index (χ0n) is 22.2. The molecule has 12 heteroatoms. The number of piperidine rings is 1. The number of sulfonamides is 1. The van der Waals surface area contributed by atoms with Gasteiger partial charge in [-0.3, -0.25) is 10.0 Å². The molecule has 1 aromatic carbocycles. The van der Waals surface area contributed by atoms with Crippen LogP contribution in [0.3, 0.4) is 0 Å². The molecule has 0 aromatic heterocycles. The fourth-order valence-electron chi connectivity index (χ4n) is 7.04. The third-order valence-corrected chi connectivity index (χ3v) is 11.1. The Morgan fingerprint density at radius 2 is 1.90 bits per heavy atom. The van der Waals surface area contributed by atoms with Gasteiger partial charge in [-0.2, -0.15) is 5.26 Å². The lowest BCUT2D eigenvalue weighted by Crippen LogP contribution is -2.49. The van der Waals surface area contributed by atoms with Crippen LogP contribution in [0.1, 0.15) is 54.7 Å². The lowest BCUT2D eigenvalue weighted by Gasteiger charge is -2.35. The van der Waals surface area contributed by atoms with Crippen LogP contribution < -0.4 is 5.48 Å². The maximum absolute atomic E-state index is 13.6. The summed E-state index contributed by atoms with van der Waals surface area (Å²) in [7, 11) is -3.78. The molecule has 3 saturated heterocycles. The molecule has 1 saturated carbocycles. The summed E-state index contributed by atoms with van der Waals surface area (Å²) in [6.07, 6.45) is 1.89. The Balaban J connectivity index is 1.21. The van der Waals surface area contributed by atoms with Crippen molar-refractivity contribution in [2.75, 3.05) is 45.1 Å². The normalized spacial score (nSPS) is 29.7. The van der Waals surface area contributed by atoms with E-state index in [1.165, 1.54) is 4.31 Å². The molecule has 0 radical (unpaired) electrons. The Labute approximate surface area is 229 Å². The average molecular weight is 561 g/mol. The maximum Gasteiger partial charge on any atom is 0.410 e. The lowest BCUT2D eigenvalue weighted by molar-refractivity contribution is -0.138. The Kier molecular flexibility index (Phi) is 7.88. The number of carbonyl (C=O) groups is 2. The highest BCUT2D eigenvalue weighted by Crippen LogP contribution is 2.50. The number of benzene rings is 1. The molecule has 2 unspecified atom stereocenters. The number of hydrogen-bond acceptors (Lipinski definition) is 8. The summed E-state index contributed by atoms with van der Waals surface area (Å²) in [5.74, 6) is -0.943. The van der Waals surface area contributed by atoms with E-state index in [9.17, 15) is 23.2 Å². The largest absolute Gasteiger partial charge is 0.444 e. The zero-order chi connectivity index (χ0) is 27.8. The van der Waals surface area contributed by atoms with E-state index in [0.717, 1.165) is 11.1 Å². The molecule has 3 heterocycles. The first kappa shape index (κ1) is 27.8. The van der Waals surface area contributed by atoms with Crippen molar-refractivity contribution in [2.45, 2.75) is 51.0 Å². The number of carbonyl (C=O) groups excluding carboxylic acids is 2. The summed E-state index contributed by atoms with van der Waals surface area (Å²) >= 11 is 0. The Morgan fingerprint density at radius 3 is 2.46 bits per heavy atom. The molecule has 1 aliphatic carbocycles. The van der Waals surface area contributed by atoms with Crippen LogP contribution in [-0.2, 0) is 24.3 Å².